The molecule has 0 aliphatic rings. The van der Waals surface area contributed by atoms with E-state index in [9.17, 15) is 33.9 Å². The highest BCUT2D eigenvalue weighted by Crippen LogP contribution is 2.19. The fourth-order valence-corrected chi connectivity index (χ4v) is 7.67. The van der Waals surface area contributed by atoms with Crippen LogP contribution >= 0.6 is 0 Å². The summed E-state index contributed by atoms with van der Waals surface area (Å²) in [5, 5.41) is 27.3. The van der Waals surface area contributed by atoms with Crippen LogP contribution in [0.4, 0.5) is 0 Å². The Morgan fingerprint density at radius 1 is 0.522 bits per heavy atom. The van der Waals surface area contributed by atoms with Gasteiger partial charge in [0.2, 0.25) is 29.5 Å². The van der Waals surface area contributed by atoms with Gasteiger partial charge in [0.15, 0.2) is 11.9 Å². The number of nitrogens with zero attached hydrogens (tertiary/aromatic N) is 2. The van der Waals surface area contributed by atoms with Crippen molar-refractivity contribution < 1.29 is 33.9 Å². The molecule has 6 atom stereocenters. The third-order valence-electron chi connectivity index (χ3n) is 11.5. The van der Waals surface area contributed by atoms with Crippen LogP contribution in [0.5, 0.6) is 0 Å². The Balaban J connectivity index is 1.66. The summed E-state index contributed by atoms with van der Waals surface area (Å²) in [4.78, 5) is 91.0. The molecule has 0 saturated carbocycles. The molecular weight excluding hydrogens is 883 g/mol. The van der Waals surface area contributed by atoms with E-state index in [1.54, 1.807) is 19.9 Å². The van der Waals surface area contributed by atoms with E-state index in [2.05, 4.69) is 36.6 Å². The van der Waals surface area contributed by atoms with Crippen molar-refractivity contribution in [2.24, 2.45) is 50.3 Å². The van der Waals surface area contributed by atoms with Gasteiger partial charge in [0.05, 0.1) is 6.04 Å². The fourth-order valence-electron chi connectivity index (χ4n) is 7.67. The lowest BCUT2D eigenvalue weighted by Gasteiger charge is -2.28. The monoisotopic (exact) mass is 952 g/mol. The number of carboxylic acid groups (broad SMARTS) is 1. The smallest absolute Gasteiger partial charge is 0.326 e. The Kier molecular flexibility index (Phi) is 21.6. The van der Waals surface area contributed by atoms with E-state index < -0.39 is 77.7 Å². The highest BCUT2D eigenvalue weighted by atomic mass is 16.4. The van der Waals surface area contributed by atoms with Gasteiger partial charge in [-0.05, 0) is 83.7 Å². The quantitative estimate of drug-likeness (QED) is 0.0210. The average molecular weight is 952 g/mol. The van der Waals surface area contributed by atoms with Gasteiger partial charge in [0, 0.05) is 25.9 Å². The fraction of sp³-hybridized carbons (Fsp3) is 0.429. The molecule has 4 aromatic rings. The van der Waals surface area contributed by atoms with Crippen LogP contribution in [0, 0.1) is 5.92 Å². The van der Waals surface area contributed by atoms with E-state index in [1.807, 2.05) is 78.9 Å². The molecular formula is C49H69N13O7. The maximum absolute atomic E-state index is 14.5. The topological polar surface area (TPSA) is 364 Å². The number of amides is 5. The van der Waals surface area contributed by atoms with Gasteiger partial charge in [-0.25, -0.2) is 4.79 Å². The van der Waals surface area contributed by atoms with Gasteiger partial charge >= 0.3 is 5.97 Å². The number of nitrogens with two attached hydrogens (primary N) is 6. The van der Waals surface area contributed by atoms with Crippen LogP contribution in [-0.2, 0) is 41.6 Å². The second kappa shape index (κ2) is 27.5. The average Bonchev–Trinajstić information content (AvgIpc) is 3.31. The van der Waals surface area contributed by atoms with Crippen LogP contribution in [-0.4, -0.2) is 108 Å². The lowest BCUT2D eigenvalue weighted by molar-refractivity contribution is -0.143. The molecule has 0 heterocycles. The molecule has 20 heteroatoms. The molecule has 4 aromatic carbocycles. The molecule has 372 valence electrons. The molecule has 0 radical (unpaired) electrons. The van der Waals surface area contributed by atoms with E-state index in [4.69, 9.17) is 34.4 Å². The molecule has 0 aromatic heterocycles. The Hall–Kier alpha value is -7.32. The number of hydrogen-bond donors (Lipinski definition) is 12. The minimum absolute atomic E-state index is 0.00922. The first-order chi connectivity index (χ1) is 32.9. The van der Waals surface area contributed by atoms with Crippen molar-refractivity contribution in [2.75, 3.05) is 19.6 Å². The number of carboxylic acids is 1. The van der Waals surface area contributed by atoms with Crippen LogP contribution in [0.2, 0.25) is 0 Å². The molecule has 0 saturated heterocycles. The van der Waals surface area contributed by atoms with Crippen molar-refractivity contribution >= 4 is 69.0 Å². The number of hydrogen-bond acceptors (Lipinski definition) is 10. The summed E-state index contributed by atoms with van der Waals surface area (Å²) < 4.78 is 0. The Labute approximate surface area is 402 Å². The zero-order valence-corrected chi connectivity index (χ0v) is 39.4. The van der Waals surface area contributed by atoms with E-state index in [-0.39, 0.29) is 63.5 Å². The minimum atomic E-state index is -1.32. The summed E-state index contributed by atoms with van der Waals surface area (Å²) in [6.45, 7) is 3.90. The van der Waals surface area contributed by atoms with Gasteiger partial charge < -0.3 is 66.1 Å². The summed E-state index contributed by atoms with van der Waals surface area (Å²) in [6.07, 6.45) is 1.96. The zero-order valence-electron chi connectivity index (χ0n) is 39.4. The van der Waals surface area contributed by atoms with Crippen LogP contribution in [0.15, 0.2) is 94.9 Å². The molecule has 0 fully saturated rings. The van der Waals surface area contributed by atoms with E-state index in [1.165, 1.54) is 0 Å². The normalized spacial score (nSPS) is 13.8. The summed E-state index contributed by atoms with van der Waals surface area (Å²) in [7, 11) is 0. The molecule has 0 aliphatic heterocycles. The summed E-state index contributed by atoms with van der Waals surface area (Å²) in [6, 6.07) is 19.2. The molecule has 0 bridgehead atoms. The van der Waals surface area contributed by atoms with Crippen LogP contribution in [0.3, 0.4) is 0 Å². The maximum Gasteiger partial charge on any atom is 0.326 e. The molecule has 69 heavy (non-hydrogen) atoms. The van der Waals surface area contributed by atoms with Gasteiger partial charge in [0.25, 0.3) is 0 Å². The van der Waals surface area contributed by atoms with E-state index >= 15 is 0 Å². The number of rotatable bonds is 28. The van der Waals surface area contributed by atoms with Gasteiger partial charge in [0.1, 0.15) is 30.2 Å². The number of benzene rings is 4. The number of unbranched alkanes of at least 4 members (excludes halogenated alkanes) is 1. The van der Waals surface area contributed by atoms with Gasteiger partial charge in [-0.15, -0.1) is 0 Å². The molecule has 5 amide bonds. The molecule has 0 spiro atoms. The van der Waals surface area contributed by atoms with Gasteiger partial charge in [-0.1, -0.05) is 105 Å². The number of guanidine groups is 2. The van der Waals surface area contributed by atoms with Crippen molar-refractivity contribution in [2.45, 2.75) is 108 Å². The molecule has 4 rings (SSSR count). The SMILES string of the molecule is CC(C)[C@H](NC(=O)[C@H](Cc1ccc2ccccc2c1)NC(=O)[C@H](CCCN=C(N)N)NC(=O)[C@H](CCCN=C(N)N)NC(=O)[C@H](Cc1ccc2ccccc2c1)NC(=O)[C@@H](N)CCCCN)C(=O)O. The van der Waals surface area contributed by atoms with E-state index in [0.717, 1.165) is 27.1 Å². The highest BCUT2D eigenvalue weighted by Gasteiger charge is 2.34. The van der Waals surface area contributed by atoms with Crippen LogP contribution < -0.4 is 61.0 Å². The Morgan fingerprint density at radius 2 is 0.928 bits per heavy atom. The number of carbonyl (C=O) groups excluding carboxylic acids is 5. The number of aliphatic carboxylic acids is 1. The summed E-state index contributed by atoms with van der Waals surface area (Å²) in [5.74, 6) is -5.69. The van der Waals surface area contributed by atoms with Crippen molar-refractivity contribution in [3.63, 3.8) is 0 Å². The Morgan fingerprint density at radius 3 is 1.35 bits per heavy atom. The second-order valence-corrected chi connectivity index (χ2v) is 17.4. The van der Waals surface area contributed by atoms with Gasteiger partial charge in [-0.3, -0.25) is 34.0 Å². The molecule has 18 N–H and O–H groups in total. The lowest BCUT2D eigenvalue weighted by Crippen LogP contribution is -2.60. The molecule has 0 aliphatic carbocycles. The number of fused-ring (bicyclic) bond motifs is 2. The lowest BCUT2D eigenvalue weighted by atomic mass is 9.99. The second-order valence-electron chi connectivity index (χ2n) is 17.4. The Bertz CT molecular complexity index is 2440. The molecule has 0 unspecified atom stereocenters. The number of aliphatic imine (C=N–C) groups is 2. The zero-order chi connectivity index (χ0) is 50.5. The molecule has 20 nitrogen and oxygen atoms in total. The van der Waals surface area contributed by atoms with Crippen molar-refractivity contribution in [3.05, 3.63) is 96.1 Å². The predicted molar refractivity (Wildman–Crippen MR) is 268 cm³/mol. The first-order valence-corrected chi connectivity index (χ1v) is 23.2. The standard InChI is InChI=1S/C49H69N13O7/c1-29(2)41(47(68)69)62-46(67)40(28-31-19-21-33-12-4-6-14-35(33)26-31)61-44(65)38(17-10-24-57-49(54)55)58-43(64)37(16-9-23-56-48(52)53)59-45(66)39(60-42(63)36(51)15-7-8-22-50)27-30-18-20-32-11-3-5-13-34(32)25-30/h3-6,11-14,18-21,25-26,29,36-41H,7-10,15-17,22-24,27-28,50-51H2,1-2H3,(H,58,64)(H,59,66)(H,60,63)(H,61,65)(H,62,67)(H,68,69)(H4,52,53,56)(H4,54,55,57)/t36-,37-,38-,39-,40-,41-/m0/s1. The summed E-state index contributed by atoms with van der Waals surface area (Å²) in [5.41, 5.74) is 35.6. The maximum atomic E-state index is 14.5. The van der Waals surface area contributed by atoms with Crippen molar-refractivity contribution in [3.8, 4) is 0 Å². The van der Waals surface area contributed by atoms with Crippen molar-refractivity contribution in [1.29, 1.82) is 0 Å². The van der Waals surface area contributed by atoms with Gasteiger partial charge in [-0.2, -0.15) is 0 Å². The van der Waals surface area contributed by atoms with Crippen molar-refractivity contribution in [1.82, 2.24) is 26.6 Å². The first-order valence-electron chi connectivity index (χ1n) is 23.2. The first kappa shape index (κ1) is 54.3. The number of nitrogens with one attached hydrogen (secondary N) is 5. The number of carbonyl (C=O) groups is 6. The third kappa shape index (κ3) is 18.0. The van der Waals surface area contributed by atoms with E-state index in [0.29, 0.717) is 31.4 Å². The third-order valence-corrected chi connectivity index (χ3v) is 11.5. The predicted octanol–water partition coefficient (Wildman–Crippen LogP) is 0.506. The highest BCUT2D eigenvalue weighted by molar-refractivity contribution is 5.97. The largest absolute Gasteiger partial charge is 0.480 e. The minimum Gasteiger partial charge on any atom is -0.480 e. The van der Waals surface area contributed by atoms with Crippen LogP contribution in [0.25, 0.3) is 21.5 Å². The summed E-state index contributed by atoms with van der Waals surface area (Å²) >= 11 is 0. The van der Waals surface area contributed by atoms with Crippen LogP contribution in [0.1, 0.15) is 69.9 Å².